The standard InChI is InChI=1S/C28H24N4O5S/c1-34-22-9-11-23(12-10-22)36-14-15-37-24-13-8-19(17-25(24)35-2)16-21(18-29)26(33)30-28-32-31-27(38-28)20-6-4-3-5-7-20/h3-13,16-17H,14-15H2,1-2H3,(H,30,32,33)/b21-16-. The summed E-state index contributed by atoms with van der Waals surface area (Å²) in [5.74, 6) is 1.83. The van der Waals surface area contributed by atoms with Gasteiger partial charge in [0.2, 0.25) is 5.13 Å². The lowest BCUT2D eigenvalue weighted by Crippen LogP contribution is -2.13. The molecule has 0 atom stereocenters. The molecule has 0 fully saturated rings. The number of methoxy groups -OCH3 is 2. The van der Waals surface area contributed by atoms with Gasteiger partial charge in [0.25, 0.3) is 5.91 Å². The molecule has 0 aliphatic rings. The fourth-order valence-electron chi connectivity index (χ4n) is 3.33. The van der Waals surface area contributed by atoms with Crippen LogP contribution in [0.1, 0.15) is 5.56 Å². The smallest absolute Gasteiger partial charge is 0.268 e. The van der Waals surface area contributed by atoms with Gasteiger partial charge in [0.1, 0.15) is 41.4 Å². The summed E-state index contributed by atoms with van der Waals surface area (Å²) >= 11 is 1.22. The molecular formula is C28H24N4O5S. The fourth-order valence-corrected chi connectivity index (χ4v) is 4.07. The lowest BCUT2D eigenvalue weighted by Gasteiger charge is -2.12. The van der Waals surface area contributed by atoms with E-state index in [1.54, 1.807) is 25.3 Å². The number of ether oxygens (including phenoxy) is 4. The molecule has 0 bridgehead atoms. The quantitative estimate of drug-likeness (QED) is 0.160. The molecule has 1 N–H and O–H groups in total. The van der Waals surface area contributed by atoms with Crippen molar-refractivity contribution in [2.24, 2.45) is 0 Å². The minimum absolute atomic E-state index is 0.0925. The number of carbonyl (C=O) groups excluding carboxylic acids is 1. The number of hydrogen-bond donors (Lipinski definition) is 1. The van der Waals surface area contributed by atoms with Gasteiger partial charge in [0, 0.05) is 5.56 Å². The van der Waals surface area contributed by atoms with Crippen molar-refractivity contribution in [2.75, 3.05) is 32.8 Å². The highest BCUT2D eigenvalue weighted by Gasteiger charge is 2.14. The second-order valence-electron chi connectivity index (χ2n) is 7.69. The molecule has 1 amide bonds. The highest BCUT2D eigenvalue weighted by atomic mass is 32.1. The van der Waals surface area contributed by atoms with Crippen LogP contribution in [-0.4, -0.2) is 43.5 Å². The summed E-state index contributed by atoms with van der Waals surface area (Å²) in [4.78, 5) is 12.7. The van der Waals surface area contributed by atoms with Gasteiger partial charge in [-0.15, -0.1) is 10.2 Å². The van der Waals surface area contributed by atoms with Crippen molar-refractivity contribution >= 4 is 28.5 Å². The summed E-state index contributed by atoms with van der Waals surface area (Å²) < 4.78 is 22.0. The van der Waals surface area contributed by atoms with Crippen molar-refractivity contribution in [1.29, 1.82) is 5.26 Å². The summed E-state index contributed by atoms with van der Waals surface area (Å²) in [6.07, 6.45) is 1.47. The molecule has 0 unspecified atom stereocenters. The Bertz CT molecular complexity index is 1450. The van der Waals surface area contributed by atoms with E-state index in [0.29, 0.717) is 39.6 Å². The maximum Gasteiger partial charge on any atom is 0.268 e. The number of rotatable bonds is 11. The van der Waals surface area contributed by atoms with Crippen LogP contribution in [0.25, 0.3) is 16.6 Å². The van der Waals surface area contributed by atoms with Crippen LogP contribution in [0, 0.1) is 11.3 Å². The SMILES string of the molecule is COc1ccc(OCCOc2ccc(/C=C(/C#N)C(=O)Nc3nnc(-c4ccccc4)s3)cc2OC)cc1. The summed E-state index contributed by atoms with van der Waals surface area (Å²) in [7, 11) is 3.12. The maximum atomic E-state index is 12.7. The van der Waals surface area contributed by atoms with E-state index in [0.717, 1.165) is 11.3 Å². The second-order valence-corrected chi connectivity index (χ2v) is 8.66. The van der Waals surface area contributed by atoms with Crippen molar-refractivity contribution in [2.45, 2.75) is 0 Å². The van der Waals surface area contributed by atoms with Crippen LogP contribution in [0.15, 0.2) is 78.4 Å². The monoisotopic (exact) mass is 528 g/mol. The Hall–Kier alpha value is -4.88. The van der Waals surface area contributed by atoms with Gasteiger partial charge < -0.3 is 18.9 Å². The van der Waals surface area contributed by atoms with Crippen LogP contribution in [0.5, 0.6) is 23.0 Å². The average molecular weight is 529 g/mol. The lowest BCUT2D eigenvalue weighted by molar-refractivity contribution is -0.112. The molecule has 10 heteroatoms. The first-order valence-electron chi connectivity index (χ1n) is 11.5. The fraction of sp³-hybridized carbons (Fsp3) is 0.143. The van der Waals surface area contributed by atoms with Gasteiger partial charge in [-0.1, -0.05) is 47.7 Å². The van der Waals surface area contributed by atoms with Crippen molar-refractivity contribution < 1.29 is 23.7 Å². The van der Waals surface area contributed by atoms with Crippen molar-refractivity contribution in [1.82, 2.24) is 10.2 Å². The topological polar surface area (TPSA) is 116 Å². The van der Waals surface area contributed by atoms with Gasteiger partial charge >= 0.3 is 0 Å². The third-order valence-corrected chi connectivity index (χ3v) is 6.09. The third-order valence-electron chi connectivity index (χ3n) is 5.20. The first kappa shape index (κ1) is 26.2. The number of nitrogens with one attached hydrogen (secondary N) is 1. The normalized spacial score (nSPS) is 10.8. The second kappa shape index (κ2) is 12.9. The van der Waals surface area contributed by atoms with Gasteiger partial charge in [0.15, 0.2) is 11.5 Å². The van der Waals surface area contributed by atoms with E-state index >= 15 is 0 Å². The number of benzene rings is 3. The minimum atomic E-state index is -0.585. The highest BCUT2D eigenvalue weighted by molar-refractivity contribution is 7.18. The van der Waals surface area contributed by atoms with Crippen molar-refractivity contribution in [3.63, 3.8) is 0 Å². The Morgan fingerprint density at radius 3 is 2.37 bits per heavy atom. The highest BCUT2D eigenvalue weighted by Crippen LogP contribution is 2.30. The first-order valence-corrected chi connectivity index (χ1v) is 12.3. The number of anilines is 1. The van der Waals surface area contributed by atoms with Crippen LogP contribution in [0.4, 0.5) is 5.13 Å². The zero-order valence-corrected chi connectivity index (χ0v) is 21.5. The summed E-state index contributed by atoms with van der Waals surface area (Å²) in [5, 5.41) is 21.3. The predicted octanol–water partition coefficient (Wildman–Crippen LogP) is 5.23. The molecule has 9 nitrogen and oxygen atoms in total. The molecule has 0 spiro atoms. The summed E-state index contributed by atoms with van der Waals surface area (Å²) in [6, 6.07) is 23.8. The van der Waals surface area contributed by atoms with Crippen molar-refractivity contribution in [3.05, 3.63) is 83.9 Å². The Morgan fingerprint density at radius 1 is 0.921 bits per heavy atom. The lowest BCUT2D eigenvalue weighted by atomic mass is 10.1. The number of carbonyl (C=O) groups is 1. The minimum Gasteiger partial charge on any atom is -0.497 e. The zero-order chi connectivity index (χ0) is 26.7. The number of nitriles is 1. The van der Waals surface area contributed by atoms with E-state index in [1.807, 2.05) is 60.7 Å². The molecule has 38 heavy (non-hydrogen) atoms. The Morgan fingerprint density at radius 2 is 1.66 bits per heavy atom. The molecule has 0 aliphatic heterocycles. The van der Waals surface area contributed by atoms with Gasteiger partial charge in [-0.2, -0.15) is 5.26 Å². The van der Waals surface area contributed by atoms with Crippen LogP contribution in [0.3, 0.4) is 0 Å². The van der Waals surface area contributed by atoms with E-state index in [1.165, 1.54) is 24.5 Å². The molecule has 0 saturated heterocycles. The molecular weight excluding hydrogens is 504 g/mol. The predicted molar refractivity (Wildman–Crippen MR) is 145 cm³/mol. The molecule has 0 radical (unpaired) electrons. The Balaban J connectivity index is 1.36. The largest absolute Gasteiger partial charge is 0.497 e. The van der Waals surface area contributed by atoms with Gasteiger partial charge in [-0.05, 0) is 48.0 Å². The van der Waals surface area contributed by atoms with Gasteiger partial charge in [-0.3, -0.25) is 10.1 Å². The van der Waals surface area contributed by atoms with E-state index in [9.17, 15) is 10.1 Å². The number of aromatic nitrogens is 2. The molecule has 4 rings (SSSR count). The van der Waals surface area contributed by atoms with E-state index in [2.05, 4.69) is 15.5 Å². The van der Waals surface area contributed by atoms with Crippen LogP contribution >= 0.6 is 11.3 Å². The summed E-state index contributed by atoms with van der Waals surface area (Å²) in [5.41, 5.74) is 1.39. The Labute approximate surface area is 223 Å². The van der Waals surface area contributed by atoms with Gasteiger partial charge in [0.05, 0.1) is 14.2 Å². The number of hydrogen-bond acceptors (Lipinski definition) is 9. The molecule has 0 saturated carbocycles. The molecule has 1 aromatic heterocycles. The van der Waals surface area contributed by atoms with Crippen molar-refractivity contribution in [3.8, 4) is 39.6 Å². The molecule has 3 aromatic carbocycles. The van der Waals surface area contributed by atoms with E-state index in [4.69, 9.17) is 18.9 Å². The van der Waals surface area contributed by atoms with E-state index < -0.39 is 5.91 Å². The molecule has 192 valence electrons. The first-order chi connectivity index (χ1) is 18.6. The van der Waals surface area contributed by atoms with Gasteiger partial charge in [-0.25, -0.2) is 0 Å². The van der Waals surface area contributed by atoms with E-state index in [-0.39, 0.29) is 12.2 Å². The average Bonchev–Trinajstić information content (AvgIpc) is 3.43. The number of nitrogens with zero attached hydrogens (tertiary/aromatic N) is 3. The molecule has 1 heterocycles. The maximum absolute atomic E-state index is 12.7. The molecule has 4 aromatic rings. The summed E-state index contributed by atoms with van der Waals surface area (Å²) in [6.45, 7) is 0.615. The third kappa shape index (κ3) is 6.87. The van der Waals surface area contributed by atoms with Crippen LogP contribution in [-0.2, 0) is 4.79 Å². The molecule has 0 aliphatic carbocycles. The zero-order valence-electron chi connectivity index (χ0n) is 20.7. The van der Waals surface area contributed by atoms with Crippen LogP contribution in [0.2, 0.25) is 0 Å². The Kier molecular flexibility index (Phi) is 8.89. The number of amides is 1. The van der Waals surface area contributed by atoms with Crippen LogP contribution < -0.4 is 24.3 Å².